The average Bonchev–Trinajstić information content (AvgIpc) is 2.37. The Balaban J connectivity index is 2.33. The molecule has 0 bridgehead atoms. The molecule has 5 nitrogen and oxygen atoms in total. The van der Waals surface area contributed by atoms with Gasteiger partial charge in [0, 0.05) is 24.8 Å². The molecule has 0 radical (unpaired) electrons. The smallest absolute Gasteiger partial charge is 0.251 e. The number of nitrogens with one attached hydrogen (secondary N) is 1. The minimum atomic E-state index is -0.147. The van der Waals surface area contributed by atoms with Gasteiger partial charge in [0.2, 0.25) is 0 Å². The molecule has 1 amide bonds. The van der Waals surface area contributed by atoms with Crippen molar-refractivity contribution in [3.63, 3.8) is 0 Å². The van der Waals surface area contributed by atoms with E-state index >= 15 is 0 Å². The van der Waals surface area contributed by atoms with Crippen LogP contribution in [0, 0.1) is 0 Å². The quantitative estimate of drug-likeness (QED) is 0.555. The largest absolute Gasteiger partial charge is 0.375 e. The molecule has 0 aliphatic heterocycles. The Morgan fingerprint density at radius 3 is 3.06 bits per heavy atom. The first-order chi connectivity index (χ1) is 8.63. The second-order valence-corrected chi connectivity index (χ2v) is 4.01. The van der Waals surface area contributed by atoms with Crippen LogP contribution in [0.3, 0.4) is 0 Å². The molecule has 5 heteroatoms. The van der Waals surface area contributed by atoms with E-state index in [1.807, 2.05) is 6.92 Å². The van der Waals surface area contributed by atoms with Crippen molar-refractivity contribution in [2.75, 3.05) is 19.8 Å². The Morgan fingerprint density at radius 1 is 1.61 bits per heavy atom. The van der Waals surface area contributed by atoms with Gasteiger partial charge in [-0.2, -0.15) is 0 Å². The minimum absolute atomic E-state index is 0.147. The van der Waals surface area contributed by atoms with Crippen molar-refractivity contribution < 1.29 is 9.53 Å². The predicted molar refractivity (Wildman–Crippen MR) is 70.1 cm³/mol. The number of hydrogen-bond donors (Lipinski definition) is 2. The zero-order valence-electron chi connectivity index (χ0n) is 10.6. The molecular formula is C13H19N3O2. The molecule has 0 saturated heterocycles. The molecule has 18 heavy (non-hydrogen) atoms. The molecule has 0 fully saturated rings. The first-order valence-electron chi connectivity index (χ1n) is 5.79. The van der Waals surface area contributed by atoms with Crippen LogP contribution in [-0.2, 0) is 11.3 Å². The fraction of sp³-hybridized carbons (Fsp3) is 0.385. The third kappa shape index (κ3) is 5.07. The number of nitrogens with two attached hydrogens (primary N) is 1. The Morgan fingerprint density at radius 2 is 2.39 bits per heavy atom. The highest BCUT2D eigenvalue weighted by Gasteiger charge is 2.05. The number of amides is 1. The van der Waals surface area contributed by atoms with Crippen LogP contribution >= 0.6 is 0 Å². The van der Waals surface area contributed by atoms with Crippen molar-refractivity contribution in [2.45, 2.75) is 13.5 Å². The standard InChI is InChI=1S/C13H19N3O2/c1-10(2)9-18-6-5-16-13(17)11-3-4-15-12(7-11)8-14/h3-4,7H,1,5-6,8-9,14H2,2H3,(H,16,17). The van der Waals surface area contributed by atoms with Gasteiger partial charge < -0.3 is 15.8 Å². The molecule has 0 aromatic carbocycles. The normalized spacial score (nSPS) is 10.1. The van der Waals surface area contributed by atoms with Gasteiger partial charge in [0.15, 0.2) is 0 Å². The molecule has 0 unspecified atom stereocenters. The van der Waals surface area contributed by atoms with E-state index in [9.17, 15) is 4.79 Å². The summed E-state index contributed by atoms with van der Waals surface area (Å²) in [4.78, 5) is 15.8. The third-order valence-electron chi connectivity index (χ3n) is 2.17. The van der Waals surface area contributed by atoms with Crippen LogP contribution in [0.4, 0.5) is 0 Å². The van der Waals surface area contributed by atoms with Gasteiger partial charge in [-0.3, -0.25) is 9.78 Å². The molecule has 1 aromatic heterocycles. The van der Waals surface area contributed by atoms with Crippen molar-refractivity contribution in [1.29, 1.82) is 0 Å². The van der Waals surface area contributed by atoms with E-state index < -0.39 is 0 Å². The molecule has 0 aliphatic rings. The zero-order valence-corrected chi connectivity index (χ0v) is 10.6. The fourth-order valence-corrected chi connectivity index (χ4v) is 1.32. The van der Waals surface area contributed by atoms with Crippen LogP contribution in [0.15, 0.2) is 30.5 Å². The summed E-state index contributed by atoms with van der Waals surface area (Å²) in [5, 5.41) is 2.76. The summed E-state index contributed by atoms with van der Waals surface area (Å²) >= 11 is 0. The Bertz CT molecular complexity index is 418. The predicted octanol–water partition coefficient (Wildman–Crippen LogP) is 0.863. The summed E-state index contributed by atoms with van der Waals surface area (Å²) in [7, 11) is 0. The summed E-state index contributed by atoms with van der Waals surface area (Å²) in [6.07, 6.45) is 1.58. The van der Waals surface area contributed by atoms with Gasteiger partial charge in [-0.25, -0.2) is 0 Å². The van der Waals surface area contributed by atoms with Gasteiger partial charge in [-0.15, -0.1) is 0 Å². The monoisotopic (exact) mass is 249 g/mol. The molecule has 1 heterocycles. The summed E-state index contributed by atoms with van der Waals surface area (Å²) in [6, 6.07) is 3.34. The van der Waals surface area contributed by atoms with Crippen molar-refractivity contribution >= 4 is 5.91 Å². The van der Waals surface area contributed by atoms with Crippen molar-refractivity contribution in [2.24, 2.45) is 5.73 Å². The van der Waals surface area contributed by atoms with Gasteiger partial charge in [-0.1, -0.05) is 12.2 Å². The SMILES string of the molecule is C=C(C)COCCNC(=O)c1ccnc(CN)c1. The van der Waals surface area contributed by atoms with E-state index in [0.29, 0.717) is 37.6 Å². The molecule has 0 atom stereocenters. The molecule has 1 rings (SSSR count). The Hall–Kier alpha value is -1.72. The topological polar surface area (TPSA) is 77.2 Å². The number of nitrogens with zero attached hydrogens (tertiary/aromatic N) is 1. The van der Waals surface area contributed by atoms with E-state index in [2.05, 4.69) is 16.9 Å². The lowest BCUT2D eigenvalue weighted by atomic mass is 10.2. The van der Waals surface area contributed by atoms with Crippen LogP contribution in [0.5, 0.6) is 0 Å². The van der Waals surface area contributed by atoms with Gasteiger partial charge in [-0.05, 0) is 19.1 Å². The molecule has 3 N–H and O–H groups in total. The van der Waals surface area contributed by atoms with Crippen LogP contribution in [0.1, 0.15) is 23.0 Å². The minimum Gasteiger partial charge on any atom is -0.375 e. The molecule has 0 saturated carbocycles. The van der Waals surface area contributed by atoms with E-state index in [1.54, 1.807) is 18.3 Å². The molecular weight excluding hydrogens is 230 g/mol. The number of ether oxygens (including phenoxy) is 1. The lowest BCUT2D eigenvalue weighted by Gasteiger charge is -2.07. The summed E-state index contributed by atoms with van der Waals surface area (Å²) < 4.78 is 5.28. The lowest BCUT2D eigenvalue weighted by Crippen LogP contribution is -2.27. The highest BCUT2D eigenvalue weighted by Crippen LogP contribution is 2.00. The number of hydrogen-bond acceptors (Lipinski definition) is 4. The third-order valence-corrected chi connectivity index (χ3v) is 2.17. The van der Waals surface area contributed by atoms with Crippen LogP contribution in [0.25, 0.3) is 0 Å². The summed E-state index contributed by atoms with van der Waals surface area (Å²) in [6.45, 7) is 7.39. The number of carbonyl (C=O) groups is 1. The van der Waals surface area contributed by atoms with Crippen molar-refractivity contribution in [1.82, 2.24) is 10.3 Å². The second kappa shape index (κ2) is 7.58. The first-order valence-corrected chi connectivity index (χ1v) is 5.79. The Labute approximate surface area is 107 Å². The van der Waals surface area contributed by atoms with E-state index in [-0.39, 0.29) is 5.91 Å². The van der Waals surface area contributed by atoms with Crippen molar-refractivity contribution in [3.8, 4) is 0 Å². The van der Waals surface area contributed by atoms with Crippen LogP contribution in [-0.4, -0.2) is 30.6 Å². The van der Waals surface area contributed by atoms with E-state index in [1.165, 1.54) is 0 Å². The highest BCUT2D eigenvalue weighted by atomic mass is 16.5. The molecule has 0 aliphatic carbocycles. The average molecular weight is 249 g/mol. The van der Waals surface area contributed by atoms with E-state index in [4.69, 9.17) is 10.5 Å². The number of rotatable bonds is 7. The highest BCUT2D eigenvalue weighted by molar-refractivity contribution is 5.94. The fourth-order valence-electron chi connectivity index (χ4n) is 1.32. The lowest BCUT2D eigenvalue weighted by molar-refractivity contribution is 0.0926. The van der Waals surface area contributed by atoms with Crippen molar-refractivity contribution in [3.05, 3.63) is 41.7 Å². The maximum absolute atomic E-state index is 11.8. The van der Waals surface area contributed by atoms with Gasteiger partial charge in [0.1, 0.15) is 0 Å². The first kappa shape index (κ1) is 14.3. The summed E-state index contributed by atoms with van der Waals surface area (Å²) in [5.41, 5.74) is 7.68. The second-order valence-electron chi connectivity index (χ2n) is 4.01. The Kier molecular flexibility index (Phi) is 6.04. The number of aromatic nitrogens is 1. The maximum atomic E-state index is 11.8. The number of pyridine rings is 1. The molecule has 98 valence electrons. The van der Waals surface area contributed by atoms with Gasteiger partial charge in [0.25, 0.3) is 5.91 Å². The van der Waals surface area contributed by atoms with E-state index in [0.717, 1.165) is 5.57 Å². The van der Waals surface area contributed by atoms with Gasteiger partial charge in [0.05, 0.1) is 18.9 Å². The van der Waals surface area contributed by atoms with Crippen LogP contribution < -0.4 is 11.1 Å². The van der Waals surface area contributed by atoms with Gasteiger partial charge >= 0.3 is 0 Å². The number of carbonyl (C=O) groups excluding carboxylic acids is 1. The molecule has 1 aromatic rings. The summed E-state index contributed by atoms with van der Waals surface area (Å²) in [5.74, 6) is -0.147. The zero-order chi connectivity index (χ0) is 13.4. The van der Waals surface area contributed by atoms with Crippen LogP contribution in [0.2, 0.25) is 0 Å². The molecule has 0 spiro atoms. The maximum Gasteiger partial charge on any atom is 0.251 e.